The van der Waals surface area contributed by atoms with Gasteiger partial charge in [-0.25, -0.2) is 0 Å². The van der Waals surface area contributed by atoms with Crippen LogP contribution >= 0.6 is 15.9 Å². The predicted octanol–water partition coefficient (Wildman–Crippen LogP) is 3.75. The lowest BCUT2D eigenvalue weighted by atomic mass is 10.1. The molecule has 0 aliphatic heterocycles. The third kappa shape index (κ3) is 2.66. The van der Waals surface area contributed by atoms with Gasteiger partial charge in [-0.05, 0) is 36.2 Å². The van der Waals surface area contributed by atoms with Crippen molar-refractivity contribution < 1.29 is 0 Å². The van der Waals surface area contributed by atoms with E-state index >= 15 is 0 Å². The first-order valence-corrected chi connectivity index (χ1v) is 5.57. The third-order valence-electron chi connectivity index (χ3n) is 2.22. The van der Waals surface area contributed by atoms with Crippen molar-refractivity contribution in [2.45, 2.75) is 6.92 Å². The van der Waals surface area contributed by atoms with Crippen LogP contribution in [0.25, 0.3) is 0 Å². The number of pyridine rings is 1. The molecular formula is C13H11BrN. The molecule has 0 saturated carbocycles. The molecule has 0 N–H and O–H groups in total. The van der Waals surface area contributed by atoms with Crippen LogP contribution in [0, 0.1) is 13.3 Å². The van der Waals surface area contributed by atoms with Gasteiger partial charge in [0.25, 0.3) is 0 Å². The number of halogens is 1. The van der Waals surface area contributed by atoms with Crippen molar-refractivity contribution in [2.24, 2.45) is 0 Å². The zero-order chi connectivity index (χ0) is 10.7. The lowest BCUT2D eigenvalue weighted by molar-refractivity contribution is 1.17. The van der Waals surface area contributed by atoms with E-state index in [1.54, 1.807) is 0 Å². The number of aryl methyl sites for hydroxylation is 1. The van der Waals surface area contributed by atoms with Crippen LogP contribution < -0.4 is 0 Å². The smallest absolute Gasteiger partial charge is 0.0517 e. The summed E-state index contributed by atoms with van der Waals surface area (Å²) in [5.74, 6) is 0. The Morgan fingerprint density at radius 2 is 1.87 bits per heavy atom. The summed E-state index contributed by atoms with van der Waals surface area (Å²) in [4.78, 5) is 4.33. The van der Waals surface area contributed by atoms with Gasteiger partial charge in [0.1, 0.15) is 0 Å². The average Bonchev–Trinajstić information content (AvgIpc) is 2.25. The molecule has 2 aromatic rings. The quantitative estimate of drug-likeness (QED) is 0.802. The summed E-state index contributed by atoms with van der Waals surface area (Å²) in [6.07, 6.45) is 3.90. The second-order valence-corrected chi connectivity index (χ2v) is 4.32. The molecule has 1 nitrogen and oxygen atoms in total. The molecule has 0 atom stereocenters. The van der Waals surface area contributed by atoms with Crippen LogP contribution in [-0.4, -0.2) is 4.98 Å². The fraction of sp³-hybridized carbons (Fsp3) is 0.0769. The first-order valence-electron chi connectivity index (χ1n) is 4.77. The molecule has 75 valence electrons. The molecule has 0 unspecified atom stereocenters. The van der Waals surface area contributed by atoms with Crippen LogP contribution in [0.4, 0.5) is 0 Å². The molecule has 1 radical (unpaired) electrons. The van der Waals surface area contributed by atoms with Crippen molar-refractivity contribution in [2.75, 3.05) is 0 Å². The van der Waals surface area contributed by atoms with E-state index in [1.165, 1.54) is 11.1 Å². The molecule has 15 heavy (non-hydrogen) atoms. The number of rotatable bonds is 2. The first-order chi connectivity index (χ1) is 7.25. The van der Waals surface area contributed by atoms with Gasteiger partial charge in [0.05, 0.1) is 5.69 Å². The van der Waals surface area contributed by atoms with Gasteiger partial charge in [0.2, 0.25) is 0 Å². The number of benzene rings is 1. The van der Waals surface area contributed by atoms with E-state index in [4.69, 9.17) is 0 Å². The van der Waals surface area contributed by atoms with Crippen molar-refractivity contribution in [1.29, 1.82) is 0 Å². The second-order valence-electron chi connectivity index (χ2n) is 3.40. The van der Waals surface area contributed by atoms with Gasteiger partial charge >= 0.3 is 0 Å². The number of aromatic nitrogens is 1. The molecule has 2 rings (SSSR count). The van der Waals surface area contributed by atoms with Crippen molar-refractivity contribution in [3.63, 3.8) is 0 Å². The van der Waals surface area contributed by atoms with Crippen LogP contribution in [0.2, 0.25) is 0 Å². The summed E-state index contributed by atoms with van der Waals surface area (Å²) in [5, 5.41) is 0. The molecule has 2 heteroatoms. The Bertz CT molecular complexity index is 448. The van der Waals surface area contributed by atoms with Crippen molar-refractivity contribution >= 4 is 15.9 Å². The number of hydrogen-bond acceptors (Lipinski definition) is 1. The monoisotopic (exact) mass is 260 g/mol. The van der Waals surface area contributed by atoms with E-state index in [9.17, 15) is 0 Å². The Kier molecular flexibility index (Phi) is 3.17. The molecule has 0 aliphatic rings. The zero-order valence-corrected chi connectivity index (χ0v) is 10.0. The van der Waals surface area contributed by atoms with E-state index in [0.29, 0.717) is 0 Å². The van der Waals surface area contributed by atoms with Crippen LogP contribution in [0.15, 0.2) is 47.1 Å². The third-order valence-corrected chi connectivity index (χ3v) is 2.75. The van der Waals surface area contributed by atoms with Gasteiger partial charge in [-0.2, -0.15) is 0 Å². The van der Waals surface area contributed by atoms with E-state index in [1.807, 2.05) is 24.4 Å². The summed E-state index contributed by atoms with van der Waals surface area (Å²) < 4.78 is 1.09. The topological polar surface area (TPSA) is 12.9 Å². The Labute approximate surface area is 98.3 Å². The fourth-order valence-electron chi connectivity index (χ4n) is 1.37. The van der Waals surface area contributed by atoms with Gasteiger partial charge < -0.3 is 0 Å². The molecule has 1 aromatic carbocycles. The van der Waals surface area contributed by atoms with E-state index < -0.39 is 0 Å². The molecular weight excluding hydrogens is 250 g/mol. The van der Waals surface area contributed by atoms with E-state index in [-0.39, 0.29) is 0 Å². The molecule has 0 fully saturated rings. The van der Waals surface area contributed by atoms with Crippen LogP contribution in [-0.2, 0) is 0 Å². The van der Waals surface area contributed by atoms with Crippen molar-refractivity contribution in [1.82, 2.24) is 4.98 Å². The Balaban J connectivity index is 2.22. The van der Waals surface area contributed by atoms with Gasteiger partial charge in [-0.3, -0.25) is 4.98 Å². The van der Waals surface area contributed by atoms with Crippen LogP contribution in [0.3, 0.4) is 0 Å². The normalized spacial score (nSPS) is 10.3. The highest BCUT2D eigenvalue weighted by Gasteiger charge is 2.00. The molecule has 0 bridgehead atoms. The Morgan fingerprint density at radius 3 is 2.53 bits per heavy atom. The maximum Gasteiger partial charge on any atom is 0.0517 e. The fourth-order valence-corrected chi connectivity index (χ4v) is 1.63. The molecule has 0 saturated heterocycles. The van der Waals surface area contributed by atoms with Gasteiger partial charge in [-0.1, -0.05) is 34.1 Å². The minimum atomic E-state index is 1.03. The standard InChI is InChI=1S/C13H11BrN/c1-10-3-2-8-15-13(10)9-11-4-6-12(14)7-5-11/h2-9H,1H3. The van der Waals surface area contributed by atoms with Gasteiger partial charge in [0, 0.05) is 17.1 Å². The van der Waals surface area contributed by atoms with Gasteiger partial charge in [-0.15, -0.1) is 0 Å². The number of hydrogen-bond donors (Lipinski definition) is 0. The number of nitrogens with zero attached hydrogens (tertiary/aromatic N) is 1. The predicted molar refractivity (Wildman–Crippen MR) is 65.6 cm³/mol. The SMILES string of the molecule is Cc1cccnc1[CH]c1ccc(Br)cc1. The van der Waals surface area contributed by atoms with E-state index in [2.05, 4.69) is 52.5 Å². The highest BCUT2D eigenvalue weighted by Crippen LogP contribution is 2.16. The summed E-state index contributed by atoms with van der Waals surface area (Å²) in [5.41, 5.74) is 3.39. The molecule has 1 heterocycles. The summed E-state index contributed by atoms with van der Waals surface area (Å²) in [6, 6.07) is 12.2. The maximum atomic E-state index is 4.33. The Hall–Kier alpha value is -1.15. The summed E-state index contributed by atoms with van der Waals surface area (Å²) in [6.45, 7) is 2.07. The first kappa shape index (κ1) is 10.4. The zero-order valence-electron chi connectivity index (χ0n) is 8.44. The van der Waals surface area contributed by atoms with Crippen molar-refractivity contribution in [3.05, 3.63) is 70.3 Å². The van der Waals surface area contributed by atoms with Crippen LogP contribution in [0.1, 0.15) is 16.8 Å². The highest BCUT2D eigenvalue weighted by molar-refractivity contribution is 9.10. The summed E-state index contributed by atoms with van der Waals surface area (Å²) in [7, 11) is 0. The van der Waals surface area contributed by atoms with Crippen LogP contribution in [0.5, 0.6) is 0 Å². The second kappa shape index (κ2) is 4.58. The molecule has 0 aliphatic carbocycles. The minimum Gasteiger partial charge on any atom is -0.260 e. The van der Waals surface area contributed by atoms with Crippen molar-refractivity contribution in [3.8, 4) is 0 Å². The molecule has 1 aromatic heterocycles. The lowest BCUT2D eigenvalue weighted by Gasteiger charge is -2.03. The minimum absolute atomic E-state index is 1.03. The molecule has 0 amide bonds. The average molecular weight is 261 g/mol. The maximum absolute atomic E-state index is 4.33. The largest absolute Gasteiger partial charge is 0.260 e. The molecule has 0 spiro atoms. The highest BCUT2D eigenvalue weighted by atomic mass is 79.9. The van der Waals surface area contributed by atoms with Gasteiger partial charge in [0.15, 0.2) is 0 Å². The Morgan fingerprint density at radius 1 is 1.13 bits per heavy atom. The van der Waals surface area contributed by atoms with E-state index in [0.717, 1.165) is 10.2 Å². The lowest BCUT2D eigenvalue weighted by Crippen LogP contribution is -1.92. The summed E-state index contributed by atoms with van der Waals surface area (Å²) >= 11 is 3.42.